The summed E-state index contributed by atoms with van der Waals surface area (Å²) in [6, 6.07) is 5.48. The van der Waals surface area contributed by atoms with Crippen LogP contribution in [0.2, 0.25) is 5.02 Å². The zero-order chi connectivity index (χ0) is 33.9. The van der Waals surface area contributed by atoms with Crippen LogP contribution in [-0.2, 0) is 33.8 Å². The van der Waals surface area contributed by atoms with Gasteiger partial charge < -0.3 is 26.5 Å². The van der Waals surface area contributed by atoms with Gasteiger partial charge in [-0.25, -0.2) is 13.6 Å². The molecule has 3 aromatic rings. The lowest BCUT2D eigenvalue weighted by atomic mass is 9.78. The van der Waals surface area contributed by atoms with E-state index >= 15 is 0 Å². The van der Waals surface area contributed by atoms with E-state index in [2.05, 4.69) is 15.6 Å². The van der Waals surface area contributed by atoms with Gasteiger partial charge >= 0.3 is 6.09 Å². The second-order valence-electron chi connectivity index (χ2n) is 12.2. The fourth-order valence-corrected chi connectivity index (χ4v) is 6.40. The third-order valence-corrected chi connectivity index (χ3v) is 9.50. The highest BCUT2D eigenvalue weighted by atomic mass is 35.5. The molecule has 6 N–H and O–H groups in total. The van der Waals surface area contributed by atoms with Crippen LogP contribution in [-0.4, -0.2) is 56.4 Å². The second-order valence-corrected chi connectivity index (χ2v) is 12.7. The number of H-pyrrole nitrogens is 1. The number of carbonyl (C=O) groups is 4. The Hall–Kier alpha value is -4.19. The number of aromatic nitrogens is 1. The smallest absolute Gasteiger partial charge is 0.408 e. The quantitative estimate of drug-likeness (QED) is 0.184. The number of amides is 4. The van der Waals surface area contributed by atoms with Crippen LogP contribution < -0.4 is 16.4 Å². The lowest BCUT2D eigenvalue weighted by Crippen LogP contribution is -2.67. The summed E-state index contributed by atoms with van der Waals surface area (Å²) in [6.45, 7) is 6.95. The number of aryl methyl sites for hydroxylation is 1. The number of rotatable bonds is 12. The van der Waals surface area contributed by atoms with Gasteiger partial charge in [0.15, 0.2) is 0 Å². The SMILES string of the molecule is CCC(C)[C@H](NC(=O)[C@@]1(NC(=O)[C@H](C(C)CC)N(Cc2ccc(F)cc2)C(=O)O)CCc2[nH]c3c(Cl)cc(F)cc3c2C1)C(N)=O. The highest BCUT2D eigenvalue weighted by Gasteiger charge is 2.47. The van der Waals surface area contributed by atoms with E-state index in [4.69, 9.17) is 17.3 Å². The second kappa shape index (κ2) is 14.1. The summed E-state index contributed by atoms with van der Waals surface area (Å²) >= 11 is 6.33. The van der Waals surface area contributed by atoms with Crippen LogP contribution in [0.15, 0.2) is 36.4 Å². The minimum Gasteiger partial charge on any atom is -0.465 e. The maximum absolute atomic E-state index is 14.5. The van der Waals surface area contributed by atoms with Crippen molar-refractivity contribution in [3.8, 4) is 0 Å². The monoisotopic (exact) mass is 659 g/mol. The van der Waals surface area contributed by atoms with Crippen molar-refractivity contribution in [1.82, 2.24) is 20.5 Å². The van der Waals surface area contributed by atoms with E-state index in [9.17, 15) is 33.1 Å². The first-order chi connectivity index (χ1) is 21.7. The summed E-state index contributed by atoms with van der Waals surface area (Å²) in [5.41, 5.74) is 6.24. The fourth-order valence-electron chi connectivity index (χ4n) is 6.15. The van der Waals surface area contributed by atoms with Crippen LogP contribution >= 0.6 is 11.6 Å². The molecule has 248 valence electrons. The minimum absolute atomic E-state index is 0.0781. The first-order valence-electron chi connectivity index (χ1n) is 15.4. The number of nitrogens with one attached hydrogen (secondary N) is 3. The number of fused-ring (bicyclic) bond motifs is 3. The molecule has 2 aromatic carbocycles. The minimum atomic E-state index is -1.66. The number of primary amides is 1. The number of aromatic amines is 1. The molecule has 1 aliphatic rings. The topological polar surface area (TPSA) is 158 Å². The standard InChI is InChI=1S/C33H40ClF2N5O5/c1-5-17(3)26(29(37)42)39-31(44)33(12-11-25-23(15-33)22-13-21(36)14-24(34)27(22)38-25)40-30(43)28(18(4)6-2)41(32(45)46)16-19-7-9-20(35)10-8-19/h7-10,13-14,17-18,26,28,38H,5-6,11-12,15-16H2,1-4H3,(H2,37,42)(H,39,44)(H,40,43)(H,45,46)/t17?,18?,26-,28-,33+/m0/s1. The molecule has 0 bridgehead atoms. The first-order valence-corrected chi connectivity index (χ1v) is 15.7. The van der Waals surface area contributed by atoms with E-state index in [0.29, 0.717) is 34.9 Å². The van der Waals surface area contributed by atoms with E-state index in [1.165, 1.54) is 36.4 Å². The molecule has 1 aliphatic carbocycles. The molecule has 0 fully saturated rings. The van der Waals surface area contributed by atoms with E-state index in [-0.39, 0.29) is 36.7 Å². The molecule has 0 spiro atoms. The molecule has 2 unspecified atom stereocenters. The van der Waals surface area contributed by atoms with Crippen molar-refractivity contribution in [1.29, 1.82) is 0 Å². The van der Waals surface area contributed by atoms with Crippen LogP contribution in [0.4, 0.5) is 13.6 Å². The number of hydrogen-bond acceptors (Lipinski definition) is 4. The molecule has 0 saturated carbocycles. The lowest BCUT2D eigenvalue weighted by Gasteiger charge is -2.41. The van der Waals surface area contributed by atoms with Crippen molar-refractivity contribution in [3.63, 3.8) is 0 Å². The molecular weight excluding hydrogens is 620 g/mol. The van der Waals surface area contributed by atoms with E-state index in [0.717, 1.165) is 10.6 Å². The summed E-state index contributed by atoms with van der Waals surface area (Å²) < 4.78 is 28.1. The first kappa shape index (κ1) is 34.7. The molecule has 1 heterocycles. The Morgan fingerprint density at radius 3 is 2.30 bits per heavy atom. The molecule has 0 aliphatic heterocycles. The normalized spacial score (nSPS) is 18.6. The predicted octanol–water partition coefficient (Wildman–Crippen LogP) is 5.05. The lowest BCUT2D eigenvalue weighted by molar-refractivity contribution is -0.139. The van der Waals surface area contributed by atoms with Gasteiger partial charge in [-0.3, -0.25) is 19.3 Å². The number of nitrogens with zero attached hydrogens (tertiary/aromatic N) is 1. The maximum Gasteiger partial charge on any atom is 0.408 e. The van der Waals surface area contributed by atoms with Crippen molar-refractivity contribution in [2.24, 2.45) is 17.6 Å². The molecule has 5 atom stereocenters. The maximum atomic E-state index is 14.5. The van der Waals surface area contributed by atoms with Gasteiger partial charge in [-0.05, 0) is 60.1 Å². The van der Waals surface area contributed by atoms with E-state index < -0.39 is 59.0 Å². The molecule has 1 aromatic heterocycles. The van der Waals surface area contributed by atoms with Gasteiger partial charge in [-0.2, -0.15) is 0 Å². The molecule has 0 radical (unpaired) electrons. The molecule has 46 heavy (non-hydrogen) atoms. The van der Waals surface area contributed by atoms with Gasteiger partial charge in [0.1, 0.15) is 29.3 Å². The molecule has 0 saturated heterocycles. The number of halogens is 3. The average molecular weight is 660 g/mol. The number of nitrogens with two attached hydrogens (primary N) is 1. The van der Waals surface area contributed by atoms with Crippen LogP contribution in [0.5, 0.6) is 0 Å². The molecule has 4 amide bonds. The Morgan fingerprint density at radius 2 is 1.72 bits per heavy atom. The van der Waals surface area contributed by atoms with E-state index in [1.807, 2.05) is 13.8 Å². The summed E-state index contributed by atoms with van der Waals surface area (Å²) in [4.78, 5) is 57.8. The van der Waals surface area contributed by atoms with Gasteiger partial charge in [0, 0.05) is 24.0 Å². The van der Waals surface area contributed by atoms with Gasteiger partial charge in [0.2, 0.25) is 17.7 Å². The van der Waals surface area contributed by atoms with Gasteiger partial charge in [0.05, 0.1) is 10.5 Å². The summed E-state index contributed by atoms with van der Waals surface area (Å²) in [5, 5.41) is 16.5. The Labute approximate surface area is 271 Å². The average Bonchev–Trinajstić information content (AvgIpc) is 3.37. The fraction of sp³-hybridized carbons (Fsp3) is 0.455. The molecule has 4 rings (SSSR count). The summed E-state index contributed by atoms with van der Waals surface area (Å²) in [6.07, 6.45) is -0.177. The molecule has 10 nitrogen and oxygen atoms in total. The van der Waals surface area contributed by atoms with Crippen molar-refractivity contribution < 1.29 is 33.1 Å². The van der Waals surface area contributed by atoms with Crippen molar-refractivity contribution >= 4 is 46.3 Å². The third-order valence-electron chi connectivity index (χ3n) is 9.20. The van der Waals surface area contributed by atoms with Crippen LogP contribution in [0.1, 0.15) is 63.8 Å². The zero-order valence-electron chi connectivity index (χ0n) is 26.3. The molecule has 13 heteroatoms. The largest absolute Gasteiger partial charge is 0.465 e. The number of carbonyl (C=O) groups excluding carboxylic acids is 3. The van der Waals surface area contributed by atoms with Crippen LogP contribution in [0.3, 0.4) is 0 Å². The Kier molecular flexibility index (Phi) is 10.6. The number of benzene rings is 2. The zero-order valence-corrected chi connectivity index (χ0v) is 27.0. The Bertz CT molecular complexity index is 1630. The Morgan fingerprint density at radius 1 is 1.07 bits per heavy atom. The van der Waals surface area contributed by atoms with Crippen molar-refractivity contribution in [3.05, 3.63) is 69.9 Å². The molecular formula is C33H40ClF2N5O5. The van der Waals surface area contributed by atoms with E-state index in [1.54, 1.807) is 13.8 Å². The van der Waals surface area contributed by atoms with Crippen LogP contribution in [0.25, 0.3) is 10.9 Å². The van der Waals surface area contributed by atoms with Crippen molar-refractivity contribution in [2.45, 2.75) is 84.0 Å². The highest BCUT2D eigenvalue weighted by Crippen LogP contribution is 2.37. The van der Waals surface area contributed by atoms with Crippen molar-refractivity contribution in [2.75, 3.05) is 0 Å². The third kappa shape index (κ3) is 7.11. The highest BCUT2D eigenvalue weighted by molar-refractivity contribution is 6.35. The van der Waals surface area contributed by atoms with Crippen LogP contribution in [0, 0.1) is 23.5 Å². The Balaban J connectivity index is 1.78. The summed E-state index contributed by atoms with van der Waals surface area (Å²) in [7, 11) is 0. The number of hydrogen-bond donors (Lipinski definition) is 5. The predicted molar refractivity (Wildman–Crippen MR) is 170 cm³/mol. The van der Waals surface area contributed by atoms with Gasteiger partial charge in [-0.15, -0.1) is 0 Å². The number of carboxylic acid groups (broad SMARTS) is 1. The summed E-state index contributed by atoms with van der Waals surface area (Å²) in [5.74, 6) is -4.01. The van der Waals surface area contributed by atoms with Gasteiger partial charge in [0.25, 0.3) is 0 Å². The van der Waals surface area contributed by atoms with Gasteiger partial charge in [-0.1, -0.05) is 64.3 Å².